The Kier molecular flexibility index (Phi) is 7.33. The molecule has 0 aliphatic carbocycles. The molecule has 0 aliphatic rings. The lowest BCUT2D eigenvalue weighted by atomic mass is 10.1. The number of hydrogen-bond acceptors (Lipinski definition) is 4. The smallest absolute Gasteiger partial charge is 0.387 e. The van der Waals surface area contributed by atoms with E-state index < -0.39 is 12.6 Å². The Morgan fingerprint density at radius 1 is 0.917 bits per heavy atom. The molecule has 1 heterocycles. The summed E-state index contributed by atoms with van der Waals surface area (Å²) < 4.78 is 56.3. The van der Waals surface area contributed by atoms with E-state index in [9.17, 15) is 18.0 Å². The number of carbonyl (C=O) groups excluding carboxylic acids is 1. The molecule has 0 N–H and O–H groups in total. The Labute approximate surface area is 206 Å². The van der Waals surface area contributed by atoms with Crippen LogP contribution in [0.25, 0.3) is 16.9 Å². The molecule has 8 heteroatoms. The van der Waals surface area contributed by atoms with Gasteiger partial charge < -0.3 is 18.8 Å². The van der Waals surface area contributed by atoms with E-state index in [4.69, 9.17) is 9.47 Å². The summed E-state index contributed by atoms with van der Waals surface area (Å²) in [6, 6.07) is 20.0. The lowest BCUT2D eigenvalue weighted by Gasteiger charge is -2.18. The number of alkyl halides is 2. The monoisotopic (exact) mass is 495 g/mol. The van der Waals surface area contributed by atoms with E-state index in [2.05, 4.69) is 4.74 Å². The fourth-order valence-electron chi connectivity index (χ4n) is 3.92. The van der Waals surface area contributed by atoms with Crippen LogP contribution in [0.15, 0.2) is 72.8 Å². The van der Waals surface area contributed by atoms with Gasteiger partial charge in [-0.05, 0) is 79.6 Å². The first-order valence-corrected chi connectivity index (χ1v) is 11.1. The largest absolute Gasteiger partial charge is 0.488 e. The van der Waals surface area contributed by atoms with Crippen molar-refractivity contribution in [3.8, 4) is 28.4 Å². The van der Waals surface area contributed by atoms with E-state index in [1.54, 1.807) is 18.2 Å². The summed E-state index contributed by atoms with van der Waals surface area (Å²) in [5.41, 5.74) is 4.62. The number of nitrogens with zero attached hydrogens (tertiary/aromatic N) is 1. The fraction of sp³-hybridized carbons (Fsp3) is 0.179. The van der Waals surface area contributed by atoms with Gasteiger partial charge in [-0.3, -0.25) is 0 Å². The van der Waals surface area contributed by atoms with Gasteiger partial charge >= 0.3 is 12.6 Å². The second kappa shape index (κ2) is 10.6. The number of methoxy groups -OCH3 is 1. The molecular formula is C28H24F3NO4. The molecule has 0 saturated heterocycles. The molecule has 0 bridgehead atoms. The molecule has 3 aromatic carbocycles. The number of rotatable bonds is 8. The average molecular weight is 495 g/mol. The molecule has 0 radical (unpaired) electrons. The van der Waals surface area contributed by atoms with Gasteiger partial charge in [-0.15, -0.1) is 0 Å². The van der Waals surface area contributed by atoms with Crippen molar-refractivity contribution in [1.82, 2.24) is 4.57 Å². The van der Waals surface area contributed by atoms with Gasteiger partial charge in [-0.1, -0.05) is 18.2 Å². The first kappa shape index (κ1) is 24.9. The third-order valence-corrected chi connectivity index (χ3v) is 5.64. The normalized spacial score (nSPS) is 11.0. The number of carbonyl (C=O) groups is 1. The predicted octanol–water partition coefficient (Wildman–Crippen LogP) is 6.87. The number of halogens is 3. The zero-order chi connectivity index (χ0) is 25.8. The van der Waals surface area contributed by atoms with Crippen LogP contribution < -0.4 is 9.47 Å². The Morgan fingerprint density at radius 3 is 2.36 bits per heavy atom. The topological polar surface area (TPSA) is 49.7 Å². The highest BCUT2D eigenvalue weighted by atomic mass is 19.3. The molecule has 1 aromatic heterocycles. The fourth-order valence-corrected chi connectivity index (χ4v) is 3.92. The molecule has 0 amide bonds. The molecule has 0 fully saturated rings. The number of aryl methyl sites for hydroxylation is 2. The minimum absolute atomic E-state index is 0.119. The van der Waals surface area contributed by atoms with E-state index in [0.29, 0.717) is 11.4 Å². The number of aromatic nitrogens is 1. The van der Waals surface area contributed by atoms with Crippen LogP contribution in [0.5, 0.6) is 11.5 Å². The van der Waals surface area contributed by atoms with Gasteiger partial charge in [-0.2, -0.15) is 8.78 Å². The number of ether oxygens (including phenoxy) is 3. The third-order valence-electron chi connectivity index (χ3n) is 5.64. The van der Waals surface area contributed by atoms with Crippen molar-refractivity contribution in [2.24, 2.45) is 0 Å². The highest BCUT2D eigenvalue weighted by Gasteiger charge is 2.20. The zero-order valence-corrected chi connectivity index (χ0v) is 19.9. The number of esters is 1. The summed E-state index contributed by atoms with van der Waals surface area (Å²) >= 11 is 0. The Bertz CT molecular complexity index is 1380. The van der Waals surface area contributed by atoms with Gasteiger partial charge in [0.2, 0.25) is 0 Å². The van der Waals surface area contributed by atoms with Gasteiger partial charge in [0.1, 0.15) is 29.5 Å². The van der Waals surface area contributed by atoms with E-state index in [0.717, 1.165) is 28.1 Å². The standard InChI is InChI=1S/C28H24F3NO4/c1-17-4-11-22(26(14-17)35-16-19-6-8-20(29)9-7-19)24-12-5-18(2)32(24)21-10-13-25(36-28(30)31)23(15-21)27(33)34-3/h4-15,28H,16H2,1-3H3. The molecule has 0 atom stereocenters. The molecule has 0 aliphatic heterocycles. The second-order valence-electron chi connectivity index (χ2n) is 8.16. The number of hydrogen-bond donors (Lipinski definition) is 0. The third kappa shape index (κ3) is 5.38. The summed E-state index contributed by atoms with van der Waals surface area (Å²) in [5.74, 6) is -0.771. The molecular weight excluding hydrogens is 471 g/mol. The van der Waals surface area contributed by atoms with Crippen LogP contribution in [0.3, 0.4) is 0 Å². The van der Waals surface area contributed by atoms with Gasteiger partial charge in [-0.25, -0.2) is 9.18 Å². The van der Waals surface area contributed by atoms with Crippen LogP contribution >= 0.6 is 0 Å². The molecule has 4 aromatic rings. The Morgan fingerprint density at radius 2 is 1.67 bits per heavy atom. The molecule has 0 unspecified atom stereocenters. The van der Waals surface area contributed by atoms with Gasteiger partial charge in [0, 0.05) is 16.9 Å². The maximum absolute atomic E-state index is 13.3. The number of benzene rings is 3. The quantitative estimate of drug-likeness (QED) is 0.251. The van der Waals surface area contributed by atoms with Gasteiger partial charge in [0.25, 0.3) is 0 Å². The SMILES string of the molecule is COC(=O)c1cc(-n2c(C)ccc2-c2ccc(C)cc2OCc2ccc(F)cc2)ccc1OC(F)F. The second-order valence-corrected chi connectivity index (χ2v) is 8.16. The average Bonchev–Trinajstić information content (AvgIpc) is 3.24. The van der Waals surface area contributed by atoms with Crippen LogP contribution in [0.1, 0.15) is 27.2 Å². The minimum atomic E-state index is -3.09. The molecule has 4 rings (SSSR count). The van der Waals surface area contributed by atoms with Crippen LogP contribution in [0, 0.1) is 19.7 Å². The first-order chi connectivity index (χ1) is 17.3. The molecule has 36 heavy (non-hydrogen) atoms. The first-order valence-electron chi connectivity index (χ1n) is 11.1. The van der Waals surface area contributed by atoms with Crippen molar-refractivity contribution < 1.29 is 32.2 Å². The van der Waals surface area contributed by atoms with Gasteiger partial charge in [0.15, 0.2) is 0 Å². The molecule has 0 spiro atoms. The Balaban J connectivity index is 1.76. The van der Waals surface area contributed by atoms with E-state index in [1.165, 1.54) is 31.4 Å². The lowest BCUT2D eigenvalue weighted by Crippen LogP contribution is -2.11. The van der Waals surface area contributed by atoms with E-state index in [1.807, 2.05) is 48.7 Å². The van der Waals surface area contributed by atoms with Crippen LogP contribution in [0.2, 0.25) is 0 Å². The lowest BCUT2D eigenvalue weighted by molar-refractivity contribution is -0.0504. The highest BCUT2D eigenvalue weighted by Crippen LogP contribution is 2.36. The van der Waals surface area contributed by atoms with Crippen molar-refractivity contribution in [3.63, 3.8) is 0 Å². The van der Waals surface area contributed by atoms with E-state index in [-0.39, 0.29) is 23.7 Å². The van der Waals surface area contributed by atoms with Crippen molar-refractivity contribution in [2.45, 2.75) is 27.1 Å². The summed E-state index contributed by atoms with van der Waals surface area (Å²) in [7, 11) is 1.17. The molecule has 186 valence electrons. The van der Waals surface area contributed by atoms with Crippen molar-refractivity contribution >= 4 is 5.97 Å². The van der Waals surface area contributed by atoms with Gasteiger partial charge in [0.05, 0.1) is 12.8 Å². The summed E-state index contributed by atoms with van der Waals surface area (Å²) in [6.45, 7) is 0.987. The maximum atomic E-state index is 13.3. The van der Waals surface area contributed by atoms with E-state index >= 15 is 0 Å². The zero-order valence-electron chi connectivity index (χ0n) is 19.9. The van der Waals surface area contributed by atoms with Crippen LogP contribution in [0.4, 0.5) is 13.2 Å². The van der Waals surface area contributed by atoms with Crippen LogP contribution in [-0.4, -0.2) is 24.3 Å². The predicted molar refractivity (Wildman–Crippen MR) is 129 cm³/mol. The Hall–Kier alpha value is -4.20. The summed E-state index contributed by atoms with van der Waals surface area (Å²) in [4.78, 5) is 12.3. The summed E-state index contributed by atoms with van der Waals surface area (Å²) in [5, 5.41) is 0. The molecule has 5 nitrogen and oxygen atoms in total. The maximum Gasteiger partial charge on any atom is 0.387 e. The van der Waals surface area contributed by atoms with Crippen molar-refractivity contribution in [3.05, 3.63) is 101 Å². The molecule has 0 saturated carbocycles. The van der Waals surface area contributed by atoms with Crippen LogP contribution in [-0.2, 0) is 11.3 Å². The summed E-state index contributed by atoms with van der Waals surface area (Å²) in [6.07, 6.45) is 0. The van der Waals surface area contributed by atoms with Crippen molar-refractivity contribution in [2.75, 3.05) is 7.11 Å². The highest BCUT2D eigenvalue weighted by molar-refractivity contribution is 5.93. The van der Waals surface area contributed by atoms with Crippen molar-refractivity contribution in [1.29, 1.82) is 0 Å². The minimum Gasteiger partial charge on any atom is -0.488 e.